The number of carbonyl (C=O) groups excluding carboxylic acids is 1. The zero-order valence-electron chi connectivity index (χ0n) is 12.2. The van der Waals surface area contributed by atoms with Crippen molar-refractivity contribution in [2.75, 3.05) is 31.6 Å². The number of carbonyl (C=O) groups is 1. The van der Waals surface area contributed by atoms with Crippen LogP contribution in [0.25, 0.3) is 0 Å². The molecule has 0 aromatic heterocycles. The summed E-state index contributed by atoms with van der Waals surface area (Å²) in [5.74, 6) is -0.522. The average Bonchev–Trinajstić information content (AvgIpc) is 2.39. The van der Waals surface area contributed by atoms with Gasteiger partial charge in [0.2, 0.25) is 0 Å². The number of anilines is 1. The number of hydrogen-bond donors (Lipinski definition) is 1. The highest BCUT2D eigenvalue weighted by molar-refractivity contribution is 6.33. The van der Waals surface area contributed by atoms with Gasteiger partial charge in [-0.1, -0.05) is 23.7 Å². The average molecular weight is 311 g/mol. The number of rotatable bonds is 1. The van der Waals surface area contributed by atoms with Crippen LogP contribution in [-0.4, -0.2) is 43.0 Å². The zero-order valence-corrected chi connectivity index (χ0v) is 12.9. The molecule has 21 heavy (non-hydrogen) atoms. The second kappa shape index (κ2) is 5.16. The van der Waals surface area contributed by atoms with Crippen LogP contribution in [0.4, 0.5) is 10.5 Å². The molecule has 1 N–H and O–H groups in total. The molecular formula is C15H19ClN2O3. The molecule has 0 radical (unpaired) electrons. The molecule has 5 nitrogen and oxygen atoms in total. The topological polar surface area (TPSA) is 50.8 Å². The van der Waals surface area contributed by atoms with Crippen LogP contribution in [0.15, 0.2) is 24.3 Å². The Kier molecular flexibility index (Phi) is 3.59. The number of hydrogen-bond acceptors (Lipinski definition) is 3. The predicted octanol–water partition coefficient (Wildman–Crippen LogP) is 2.96. The van der Waals surface area contributed by atoms with Crippen molar-refractivity contribution in [2.24, 2.45) is 5.41 Å². The fourth-order valence-electron chi connectivity index (χ4n) is 2.58. The fourth-order valence-corrected chi connectivity index (χ4v) is 2.77. The van der Waals surface area contributed by atoms with E-state index < -0.39 is 5.79 Å². The summed E-state index contributed by atoms with van der Waals surface area (Å²) in [5.41, 5.74) is 0.565. The van der Waals surface area contributed by atoms with Gasteiger partial charge >= 0.3 is 6.03 Å². The van der Waals surface area contributed by atoms with E-state index in [1.165, 1.54) is 0 Å². The van der Waals surface area contributed by atoms with E-state index in [4.69, 9.17) is 21.1 Å². The first-order valence-electron chi connectivity index (χ1n) is 6.98. The molecule has 6 heteroatoms. The Bertz CT molecular complexity index is 544. The van der Waals surface area contributed by atoms with Gasteiger partial charge in [-0.3, -0.25) is 0 Å². The number of halogens is 1. The number of nitrogens with zero attached hydrogens (tertiary/aromatic N) is 1. The first-order chi connectivity index (χ1) is 9.89. The van der Waals surface area contributed by atoms with E-state index in [0.717, 1.165) is 0 Å². The molecule has 1 aromatic rings. The molecule has 3 rings (SSSR count). The molecule has 2 aliphatic rings. The Labute approximate surface area is 129 Å². The highest BCUT2D eigenvalue weighted by atomic mass is 35.5. The Morgan fingerprint density at radius 2 is 1.86 bits per heavy atom. The zero-order chi connectivity index (χ0) is 15.1. The van der Waals surface area contributed by atoms with Crippen LogP contribution < -0.4 is 5.32 Å². The van der Waals surface area contributed by atoms with E-state index in [1.807, 2.05) is 26.0 Å². The van der Waals surface area contributed by atoms with Gasteiger partial charge in [-0.25, -0.2) is 4.79 Å². The van der Waals surface area contributed by atoms with Gasteiger partial charge in [-0.15, -0.1) is 0 Å². The van der Waals surface area contributed by atoms with Crippen LogP contribution in [0.1, 0.15) is 13.8 Å². The largest absolute Gasteiger partial charge is 0.350 e. The minimum Gasteiger partial charge on any atom is -0.350 e. The molecular weight excluding hydrogens is 292 g/mol. The van der Waals surface area contributed by atoms with Gasteiger partial charge in [0.15, 0.2) is 5.79 Å². The normalized spacial score (nSPS) is 22.7. The van der Waals surface area contributed by atoms with Crippen molar-refractivity contribution in [3.8, 4) is 0 Å². The Hall–Kier alpha value is -1.30. The third-order valence-electron chi connectivity index (χ3n) is 3.91. The number of para-hydroxylation sites is 1. The summed E-state index contributed by atoms with van der Waals surface area (Å²) >= 11 is 6.03. The maximum atomic E-state index is 12.2. The second-order valence-electron chi connectivity index (χ2n) is 6.24. The minimum absolute atomic E-state index is 0.0622. The smallest absolute Gasteiger partial charge is 0.321 e. The molecule has 2 saturated heterocycles. The van der Waals surface area contributed by atoms with Gasteiger partial charge in [0.25, 0.3) is 0 Å². The first-order valence-corrected chi connectivity index (χ1v) is 7.35. The van der Waals surface area contributed by atoms with Crippen LogP contribution in [0.3, 0.4) is 0 Å². The highest BCUT2D eigenvalue weighted by Gasteiger charge is 2.50. The maximum Gasteiger partial charge on any atom is 0.321 e. The van der Waals surface area contributed by atoms with Gasteiger partial charge in [0, 0.05) is 13.1 Å². The highest BCUT2D eigenvalue weighted by Crippen LogP contribution is 2.37. The van der Waals surface area contributed by atoms with Crippen molar-refractivity contribution in [1.82, 2.24) is 4.90 Å². The summed E-state index contributed by atoms with van der Waals surface area (Å²) < 4.78 is 11.4. The van der Waals surface area contributed by atoms with Crippen molar-refractivity contribution < 1.29 is 14.3 Å². The summed E-state index contributed by atoms with van der Waals surface area (Å²) in [6.45, 7) is 6.32. The number of nitrogens with one attached hydrogen (secondary N) is 1. The van der Waals surface area contributed by atoms with E-state index in [9.17, 15) is 4.79 Å². The van der Waals surface area contributed by atoms with E-state index in [-0.39, 0.29) is 11.4 Å². The summed E-state index contributed by atoms with van der Waals surface area (Å²) in [7, 11) is 0. The number of benzene rings is 1. The summed E-state index contributed by atoms with van der Waals surface area (Å²) in [4.78, 5) is 13.9. The van der Waals surface area contributed by atoms with Gasteiger partial charge in [0.1, 0.15) is 0 Å². The maximum absolute atomic E-state index is 12.2. The van der Waals surface area contributed by atoms with Crippen LogP contribution in [-0.2, 0) is 9.47 Å². The third kappa shape index (κ3) is 3.00. The lowest BCUT2D eigenvalue weighted by Gasteiger charge is -2.53. The quantitative estimate of drug-likeness (QED) is 0.867. The first kappa shape index (κ1) is 14.6. The standard InChI is InChI=1S/C15H19ClN2O3/c1-14(2)20-9-15(10-21-14)7-18(8-15)13(19)17-12-6-4-3-5-11(12)16/h3-6H,7-10H2,1-2H3,(H,17,19). The second-order valence-corrected chi connectivity index (χ2v) is 6.65. The summed E-state index contributed by atoms with van der Waals surface area (Å²) in [5, 5.41) is 3.36. The van der Waals surface area contributed by atoms with Crippen molar-refractivity contribution >= 4 is 23.3 Å². The van der Waals surface area contributed by atoms with Crippen molar-refractivity contribution in [2.45, 2.75) is 19.6 Å². The van der Waals surface area contributed by atoms with Crippen molar-refractivity contribution in [3.63, 3.8) is 0 Å². The van der Waals surface area contributed by atoms with Gasteiger partial charge in [0.05, 0.1) is 29.3 Å². The number of urea groups is 1. The molecule has 0 bridgehead atoms. The van der Waals surface area contributed by atoms with Crippen LogP contribution >= 0.6 is 11.6 Å². The van der Waals surface area contributed by atoms with E-state index >= 15 is 0 Å². The van der Waals surface area contributed by atoms with E-state index in [1.54, 1.807) is 17.0 Å². The number of likely N-dealkylation sites (tertiary alicyclic amines) is 1. The van der Waals surface area contributed by atoms with Gasteiger partial charge in [-0.05, 0) is 26.0 Å². The number of ether oxygens (including phenoxy) is 2. The fraction of sp³-hybridized carbons (Fsp3) is 0.533. The summed E-state index contributed by atoms with van der Waals surface area (Å²) in [6, 6.07) is 7.06. The molecule has 0 saturated carbocycles. The van der Waals surface area contributed by atoms with Crippen molar-refractivity contribution in [1.29, 1.82) is 0 Å². The predicted molar refractivity (Wildman–Crippen MR) is 80.5 cm³/mol. The molecule has 0 unspecified atom stereocenters. The SMILES string of the molecule is CC1(C)OCC2(CO1)CN(C(=O)Nc1ccccc1Cl)C2. The van der Waals surface area contributed by atoms with Crippen LogP contribution in [0, 0.1) is 5.41 Å². The molecule has 2 amide bonds. The van der Waals surface area contributed by atoms with Crippen LogP contribution in [0.5, 0.6) is 0 Å². The molecule has 1 spiro atoms. The van der Waals surface area contributed by atoms with Crippen LogP contribution in [0.2, 0.25) is 5.02 Å². The third-order valence-corrected chi connectivity index (χ3v) is 4.24. The Balaban J connectivity index is 1.55. The number of amides is 2. The van der Waals surface area contributed by atoms with E-state index in [0.29, 0.717) is 37.0 Å². The lowest BCUT2D eigenvalue weighted by Crippen LogP contribution is -2.66. The molecule has 0 aliphatic carbocycles. The monoisotopic (exact) mass is 310 g/mol. The molecule has 1 aromatic carbocycles. The molecule has 114 valence electrons. The Morgan fingerprint density at radius 3 is 2.48 bits per heavy atom. The molecule has 2 heterocycles. The van der Waals surface area contributed by atoms with Crippen molar-refractivity contribution in [3.05, 3.63) is 29.3 Å². The molecule has 2 aliphatic heterocycles. The Morgan fingerprint density at radius 1 is 1.24 bits per heavy atom. The lowest BCUT2D eigenvalue weighted by molar-refractivity contribution is -0.301. The van der Waals surface area contributed by atoms with E-state index in [2.05, 4.69) is 5.32 Å². The molecule has 2 fully saturated rings. The minimum atomic E-state index is -0.522. The van der Waals surface area contributed by atoms with Gasteiger partial charge in [-0.2, -0.15) is 0 Å². The van der Waals surface area contributed by atoms with Gasteiger partial charge < -0.3 is 19.7 Å². The lowest BCUT2D eigenvalue weighted by atomic mass is 9.81. The molecule has 0 atom stereocenters. The summed E-state index contributed by atoms with van der Waals surface area (Å²) in [6.07, 6.45) is 0.